The Morgan fingerprint density at radius 1 is 1.03 bits per heavy atom. The topological polar surface area (TPSA) is 91.2 Å². The van der Waals surface area contributed by atoms with E-state index in [0.29, 0.717) is 23.9 Å². The first-order chi connectivity index (χ1) is 14.2. The van der Waals surface area contributed by atoms with Gasteiger partial charge in [0.2, 0.25) is 5.82 Å². The lowest BCUT2D eigenvalue weighted by Crippen LogP contribution is -2.06. The zero-order chi connectivity index (χ0) is 20.1. The number of ether oxygens (including phenoxy) is 1. The average Bonchev–Trinajstić information content (AvgIpc) is 3.41. The second-order valence-electron chi connectivity index (χ2n) is 6.17. The van der Waals surface area contributed by atoms with Crippen molar-refractivity contribution in [2.75, 3.05) is 0 Å². The molecule has 0 N–H and O–H groups in total. The van der Waals surface area contributed by atoms with Gasteiger partial charge >= 0.3 is 5.97 Å². The molecule has 8 heteroatoms. The number of hydrogen-bond acceptors (Lipinski definition) is 7. The molecule has 29 heavy (non-hydrogen) atoms. The molecule has 0 spiro atoms. The first kappa shape index (κ1) is 19.1. The maximum absolute atomic E-state index is 12.0. The number of hydrogen-bond donors (Lipinski definition) is 0. The highest BCUT2D eigenvalue weighted by atomic mass is 79.9. The van der Waals surface area contributed by atoms with Crippen molar-refractivity contribution in [1.29, 1.82) is 0 Å². The third kappa shape index (κ3) is 4.97. The van der Waals surface area contributed by atoms with E-state index < -0.39 is 5.97 Å². The lowest BCUT2D eigenvalue weighted by molar-refractivity contribution is -0.145. The van der Waals surface area contributed by atoms with E-state index in [1.165, 1.54) is 0 Å². The zero-order valence-electron chi connectivity index (χ0n) is 15.2. The van der Waals surface area contributed by atoms with E-state index in [0.717, 1.165) is 15.6 Å². The van der Waals surface area contributed by atoms with Crippen molar-refractivity contribution in [3.05, 3.63) is 77.0 Å². The van der Waals surface area contributed by atoms with E-state index in [1.54, 1.807) is 6.20 Å². The van der Waals surface area contributed by atoms with Crippen LogP contribution < -0.4 is 0 Å². The summed E-state index contributed by atoms with van der Waals surface area (Å²) in [4.78, 5) is 20.4. The lowest BCUT2D eigenvalue weighted by atomic mass is 10.2. The van der Waals surface area contributed by atoms with Gasteiger partial charge in [-0.05, 0) is 12.1 Å². The van der Waals surface area contributed by atoms with Crippen LogP contribution in [0.1, 0.15) is 18.2 Å². The van der Waals surface area contributed by atoms with Gasteiger partial charge in [-0.3, -0.25) is 4.79 Å². The third-order valence-corrected chi connectivity index (χ3v) is 4.56. The molecule has 0 aliphatic rings. The van der Waals surface area contributed by atoms with Gasteiger partial charge in [0.05, 0.1) is 12.6 Å². The van der Waals surface area contributed by atoms with Gasteiger partial charge in [0.25, 0.3) is 5.89 Å². The molecule has 0 bridgehead atoms. The highest BCUT2D eigenvalue weighted by Gasteiger charge is 2.13. The molecule has 7 nitrogen and oxygen atoms in total. The van der Waals surface area contributed by atoms with Gasteiger partial charge in [-0.1, -0.05) is 63.6 Å². The molecule has 0 unspecified atom stereocenters. The van der Waals surface area contributed by atoms with Crippen LogP contribution in [0.15, 0.2) is 74.2 Å². The second kappa shape index (κ2) is 8.83. The Bertz CT molecular complexity index is 1110. The van der Waals surface area contributed by atoms with Crippen molar-refractivity contribution in [2.24, 2.45) is 0 Å². The summed E-state index contributed by atoms with van der Waals surface area (Å²) in [6, 6.07) is 17.2. The standard InChI is InChI=1S/C21H16BrN3O4/c22-16-8-4-7-15(11-16)21-24-19(29-25-21)13-27-20(26)10-9-18-23-12-17(28-18)14-5-2-1-3-6-14/h1-8,11-12H,9-10,13H2. The summed E-state index contributed by atoms with van der Waals surface area (Å²) in [5, 5.41) is 3.91. The largest absolute Gasteiger partial charge is 0.456 e. The normalized spacial score (nSPS) is 10.8. The molecular weight excluding hydrogens is 438 g/mol. The number of benzene rings is 2. The summed E-state index contributed by atoms with van der Waals surface area (Å²) < 4.78 is 16.9. The molecule has 4 aromatic rings. The molecule has 0 aliphatic carbocycles. The molecule has 0 amide bonds. The van der Waals surface area contributed by atoms with Gasteiger partial charge in [0.1, 0.15) is 0 Å². The zero-order valence-corrected chi connectivity index (χ0v) is 16.8. The van der Waals surface area contributed by atoms with Crippen LogP contribution in [0.5, 0.6) is 0 Å². The number of carbonyl (C=O) groups excluding carboxylic acids is 1. The Hall–Kier alpha value is -3.26. The monoisotopic (exact) mass is 453 g/mol. The van der Waals surface area contributed by atoms with Crippen molar-refractivity contribution >= 4 is 21.9 Å². The van der Waals surface area contributed by atoms with Crippen molar-refractivity contribution in [1.82, 2.24) is 15.1 Å². The molecule has 2 aromatic heterocycles. The summed E-state index contributed by atoms with van der Waals surface area (Å²) in [6.07, 6.45) is 2.14. The van der Waals surface area contributed by atoms with Crippen LogP contribution in [-0.4, -0.2) is 21.1 Å². The van der Waals surface area contributed by atoms with Crippen LogP contribution in [0, 0.1) is 0 Å². The number of rotatable bonds is 7. The van der Waals surface area contributed by atoms with E-state index in [-0.39, 0.29) is 18.9 Å². The number of nitrogens with zero attached hydrogens (tertiary/aromatic N) is 3. The van der Waals surface area contributed by atoms with Crippen LogP contribution in [0.3, 0.4) is 0 Å². The molecule has 0 atom stereocenters. The van der Waals surface area contributed by atoms with Crippen LogP contribution in [0.4, 0.5) is 0 Å². The summed E-state index contributed by atoms with van der Waals surface area (Å²) in [5.41, 5.74) is 1.74. The van der Waals surface area contributed by atoms with Crippen LogP contribution >= 0.6 is 15.9 Å². The summed E-state index contributed by atoms with van der Waals surface area (Å²) in [5.74, 6) is 1.42. The number of aromatic nitrogens is 3. The highest BCUT2D eigenvalue weighted by Crippen LogP contribution is 2.21. The number of esters is 1. The Morgan fingerprint density at radius 2 is 1.86 bits per heavy atom. The number of carbonyl (C=O) groups is 1. The van der Waals surface area contributed by atoms with E-state index in [2.05, 4.69) is 31.1 Å². The molecule has 2 heterocycles. The van der Waals surface area contributed by atoms with Crippen molar-refractivity contribution in [2.45, 2.75) is 19.4 Å². The summed E-state index contributed by atoms with van der Waals surface area (Å²) >= 11 is 3.40. The maximum Gasteiger partial charge on any atom is 0.306 e. The minimum Gasteiger partial charge on any atom is -0.456 e. The molecule has 0 saturated heterocycles. The maximum atomic E-state index is 12.0. The highest BCUT2D eigenvalue weighted by molar-refractivity contribution is 9.10. The smallest absolute Gasteiger partial charge is 0.306 e. The van der Waals surface area contributed by atoms with E-state index in [9.17, 15) is 4.79 Å². The fraction of sp³-hybridized carbons (Fsp3) is 0.143. The first-order valence-electron chi connectivity index (χ1n) is 8.91. The Labute approximate surface area is 174 Å². The number of oxazole rings is 1. The predicted molar refractivity (Wildman–Crippen MR) is 107 cm³/mol. The first-order valence-corrected chi connectivity index (χ1v) is 9.71. The second-order valence-corrected chi connectivity index (χ2v) is 7.08. The fourth-order valence-corrected chi connectivity index (χ4v) is 3.04. The lowest BCUT2D eigenvalue weighted by Gasteiger charge is -2.00. The van der Waals surface area contributed by atoms with Gasteiger partial charge in [-0.15, -0.1) is 0 Å². The minimum atomic E-state index is -0.397. The molecule has 0 aliphatic heterocycles. The van der Waals surface area contributed by atoms with Gasteiger partial charge in [-0.25, -0.2) is 4.98 Å². The van der Waals surface area contributed by atoms with E-state index in [1.807, 2.05) is 54.6 Å². The third-order valence-electron chi connectivity index (χ3n) is 4.06. The minimum absolute atomic E-state index is 0.0827. The van der Waals surface area contributed by atoms with E-state index >= 15 is 0 Å². The predicted octanol–water partition coefficient (Wildman–Crippen LogP) is 4.83. The molecule has 0 saturated carbocycles. The van der Waals surface area contributed by atoms with Gasteiger partial charge in [-0.2, -0.15) is 4.98 Å². The van der Waals surface area contributed by atoms with E-state index in [4.69, 9.17) is 13.7 Å². The number of aryl methyl sites for hydroxylation is 1. The van der Waals surface area contributed by atoms with Crippen molar-refractivity contribution in [3.63, 3.8) is 0 Å². The van der Waals surface area contributed by atoms with Gasteiger partial charge in [0, 0.05) is 22.0 Å². The average molecular weight is 454 g/mol. The van der Waals surface area contributed by atoms with Crippen LogP contribution in [0.25, 0.3) is 22.7 Å². The van der Waals surface area contributed by atoms with Gasteiger partial charge in [0.15, 0.2) is 18.3 Å². The summed E-state index contributed by atoms with van der Waals surface area (Å²) in [7, 11) is 0. The Kier molecular flexibility index (Phi) is 5.81. The van der Waals surface area contributed by atoms with Crippen molar-refractivity contribution < 1.29 is 18.5 Å². The summed E-state index contributed by atoms with van der Waals surface area (Å²) in [6.45, 7) is -0.0827. The SMILES string of the molecule is O=C(CCc1ncc(-c2ccccc2)o1)OCc1nc(-c2cccc(Br)c2)no1. The number of halogens is 1. The molecule has 146 valence electrons. The van der Waals surface area contributed by atoms with Crippen LogP contribution in [0.2, 0.25) is 0 Å². The molecule has 4 rings (SSSR count). The Morgan fingerprint density at radius 3 is 2.69 bits per heavy atom. The Balaban J connectivity index is 1.27. The fourth-order valence-electron chi connectivity index (χ4n) is 2.64. The molecule has 0 fully saturated rings. The molecular formula is C21H16BrN3O4. The quantitative estimate of drug-likeness (QED) is 0.370. The molecule has 0 radical (unpaired) electrons. The van der Waals surface area contributed by atoms with Crippen molar-refractivity contribution in [3.8, 4) is 22.7 Å². The van der Waals surface area contributed by atoms with Crippen LogP contribution in [-0.2, 0) is 22.6 Å². The van der Waals surface area contributed by atoms with Gasteiger partial charge < -0.3 is 13.7 Å². The molecule has 2 aromatic carbocycles.